The van der Waals surface area contributed by atoms with Crippen molar-refractivity contribution in [2.75, 3.05) is 35.5 Å². The smallest absolute Gasteiger partial charge is 0.348 e. The van der Waals surface area contributed by atoms with Gasteiger partial charge in [0.1, 0.15) is 9.75 Å². The first-order valence-corrected chi connectivity index (χ1v) is 11.2. The average molecular weight is 509 g/mol. The van der Waals surface area contributed by atoms with Gasteiger partial charge in [-0.1, -0.05) is 0 Å². The van der Waals surface area contributed by atoms with Crippen LogP contribution in [-0.4, -0.2) is 52.6 Å². The van der Waals surface area contributed by atoms with Crippen LogP contribution in [0.2, 0.25) is 0 Å². The second-order valence-corrected chi connectivity index (χ2v) is 8.77. The Morgan fingerprint density at radius 1 is 0.765 bits per heavy atom. The van der Waals surface area contributed by atoms with Crippen molar-refractivity contribution in [1.29, 1.82) is 0 Å². The molecule has 0 amide bonds. The SMILES string of the molecule is COC(=O)c1cc2c(F)c(OC)c(OC)cc2s1.COc1cc2cc(C(=O)O)sc2cc1OC. The fourth-order valence-electron chi connectivity index (χ4n) is 3.11. The maximum atomic E-state index is 14.1. The number of aromatic carboxylic acids is 1. The standard InChI is InChI=1S/C12H11FO4S.C11H10O4S/c1-15-7-5-8-6(10(13)11(7)16-2)4-9(18-8)12(14)17-3;1-14-7-3-6-4-10(11(12)13)16-9(6)5-8(7)15-2/h4-5H,1-3H3;3-5H,1-2H3,(H,12,13). The molecule has 0 aliphatic rings. The first-order chi connectivity index (χ1) is 16.3. The zero-order valence-corrected chi connectivity index (χ0v) is 20.5. The van der Waals surface area contributed by atoms with Crippen molar-refractivity contribution in [3.63, 3.8) is 0 Å². The molecule has 0 spiro atoms. The molecule has 4 aromatic rings. The fourth-order valence-corrected chi connectivity index (χ4v) is 5.03. The number of carbonyl (C=O) groups is 2. The summed E-state index contributed by atoms with van der Waals surface area (Å²) in [6.45, 7) is 0. The number of benzene rings is 2. The zero-order valence-electron chi connectivity index (χ0n) is 18.9. The minimum atomic E-state index is -0.917. The largest absolute Gasteiger partial charge is 0.493 e. The van der Waals surface area contributed by atoms with Gasteiger partial charge in [-0.25, -0.2) is 14.0 Å². The van der Waals surface area contributed by atoms with E-state index in [4.69, 9.17) is 24.1 Å². The van der Waals surface area contributed by atoms with Crippen LogP contribution in [-0.2, 0) is 4.74 Å². The molecule has 0 bridgehead atoms. The van der Waals surface area contributed by atoms with E-state index in [1.807, 2.05) is 0 Å². The van der Waals surface area contributed by atoms with Crippen molar-refractivity contribution in [3.05, 3.63) is 45.9 Å². The minimum Gasteiger partial charge on any atom is -0.493 e. The molecule has 11 heteroatoms. The number of carboxylic acid groups (broad SMARTS) is 1. The Kier molecular flexibility index (Phi) is 7.79. The molecule has 2 heterocycles. The quantitative estimate of drug-likeness (QED) is 0.343. The van der Waals surface area contributed by atoms with Gasteiger partial charge >= 0.3 is 11.9 Å². The van der Waals surface area contributed by atoms with E-state index in [-0.39, 0.29) is 5.75 Å². The minimum absolute atomic E-state index is 0.0271. The van der Waals surface area contributed by atoms with Gasteiger partial charge < -0.3 is 28.8 Å². The van der Waals surface area contributed by atoms with Gasteiger partial charge in [-0.3, -0.25) is 0 Å². The third-order valence-electron chi connectivity index (χ3n) is 4.73. The highest BCUT2D eigenvalue weighted by Crippen LogP contribution is 2.40. The van der Waals surface area contributed by atoms with Crippen LogP contribution in [0.25, 0.3) is 20.2 Å². The molecule has 0 aliphatic carbocycles. The number of rotatable bonds is 6. The molecule has 1 N–H and O–H groups in total. The van der Waals surface area contributed by atoms with Crippen LogP contribution in [0.1, 0.15) is 19.3 Å². The third kappa shape index (κ3) is 4.85. The lowest BCUT2D eigenvalue weighted by Crippen LogP contribution is -1.96. The van der Waals surface area contributed by atoms with Gasteiger partial charge in [-0.2, -0.15) is 0 Å². The van der Waals surface area contributed by atoms with Gasteiger partial charge in [0.05, 0.1) is 35.5 Å². The molecule has 8 nitrogen and oxygen atoms in total. The number of thiophene rings is 2. The topological polar surface area (TPSA) is 101 Å². The summed E-state index contributed by atoms with van der Waals surface area (Å²) < 4.78 is 40.5. The normalized spacial score (nSPS) is 10.4. The molecule has 0 saturated heterocycles. The summed E-state index contributed by atoms with van der Waals surface area (Å²) in [7, 11) is 7.17. The summed E-state index contributed by atoms with van der Waals surface area (Å²) in [4.78, 5) is 22.9. The Bertz CT molecular complexity index is 1320. The summed E-state index contributed by atoms with van der Waals surface area (Å²) in [6, 6.07) is 8.27. The van der Waals surface area contributed by atoms with Crippen molar-refractivity contribution in [1.82, 2.24) is 0 Å². The first-order valence-electron chi connectivity index (χ1n) is 9.59. The molecule has 0 atom stereocenters. The van der Waals surface area contributed by atoms with Gasteiger partial charge in [-0.05, 0) is 23.6 Å². The van der Waals surface area contributed by atoms with Crippen molar-refractivity contribution in [2.24, 2.45) is 0 Å². The van der Waals surface area contributed by atoms with Crippen LogP contribution < -0.4 is 18.9 Å². The molecule has 180 valence electrons. The maximum Gasteiger partial charge on any atom is 0.348 e. The Morgan fingerprint density at radius 2 is 1.35 bits per heavy atom. The van der Waals surface area contributed by atoms with E-state index in [0.29, 0.717) is 37.1 Å². The van der Waals surface area contributed by atoms with E-state index < -0.39 is 17.8 Å². The Labute approximate surface area is 202 Å². The van der Waals surface area contributed by atoms with E-state index in [2.05, 4.69) is 4.74 Å². The number of carboxylic acids is 1. The number of carbonyl (C=O) groups excluding carboxylic acids is 1. The van der Waals surface area contributed by atoms with Gasteiger partial charge in [0.25, 0.3) is 0 Å². The molecular weight excluding hydrogens is 487 g/mol. The Balaban J connectivity index is 0.000000192. The fraction of sp³-hybridized carbons (Fsp3) is 0.217. The lowest BCUT2D eigenvalue weighted by atomic mass is 10.2. The van der Waals surface area contributed by atoms with Crippen LogP contribution >= 0.6 is 22.7 Å². The second kappa shape index (κ2) is 10.6. The van der Waals surface area contributed by atoms with Crippen LogP contribution in [0.3, 0.4) is 0 Å². The third-order valence-corrected chi connectivity index (χ3v) is 6.87. The predicted molar refractivity (Wildman–Crippen MR) is 128 cm³/mol. The zero-order chi connectivity index (χ0) is 25.0. The van der Waals surface area contributed by atoms with E-state index in [1.54, 1.807) is 38.5 Å². The van der Waals surface area contributed by atoms with Gasteiger partial charge in [0, 0.05) is 26.9 Å². The summed E-state index contributed by atoms with van der Waals surface area (Å²) in [6.07, 6.45) is 0. The monoisotopic (exact) mass is 508 g/mol. The van der Waals surface area contributed by atoms with Gasteiger partial charge in [-0.15, -0.1) is 22.7 Å². The van der Waals surface area contributed by atoms with Crippen LogP contribution in [0.5, 0.6) is 23.0 Å². The highest BCUT2D eigenvalue weighted by atomic mass is 32.1. The number of hydrogen-bond acceptors (Lipinski definition) is 9. The number of ether oxygens (including phenoxy) is 5. The van der Waals surface area contributed by atoms with E-state index in [9.17, 15) is 14.0 Å². The maximum absolute atomic E-state index is 14.1. The van der Waals surface area contributed by atoms with Crippen LogP contribution in [0, 0.1) is 5.82 Å². The molecule has 0 saturated carbocycles. The van der Waals surface area contributed by atoms with Crippen LogP contribution in [0.15, 0.2) is 30.3 Å². The number of esters is 1. The molecule has 0 unspecified atom stereocenters. The van der Waals surface area contributed by atoms with E-state index in [0.717, 1.165) is 21.4 Å². The summed E-state index contributed by atoms with van der Waals surface area (Å²) in [5.74, 6) is -0.426. The number of fused-ring (bicyclic) bond motifs is 2. The van der Waals surface area contributed by atoms with Crippen molar-refractivity contribution < 1.29 is 42.8 Å². The summed E-state index contributed by atoms with van der Waals surface area (Å²) >= 11 is 2.36. The molecule has 34 heavy (non-hydrogen) atoms. The molecule has 2 aromatic heterocycles. The van der Waals surface area contributed by atoms with Gasteiger partial charge in [0.15, 0.2) is 28.8 Å². The first kappa shape index (κ1) is 25.1. The summed E-state index contributed by atoms with van der Waals surface area (Å²) in [5, 5.41) is 10.1. The highest BCUT2D eigenvalue weighted by molar-refractivity contribution is 7.21. The highest BCUT2D eigenvalue weighted by Gasteiger charge is 2.19. The van der Waals surface area contributed by atoms with Gasteiger partial charge in [0.2, 0.25) is 0 Å². The molecular formula is C23H21FO8S2. The Hall–Kier alpha value is -3.57. The summed E-state index contributed by atoms with van der Waals surface area (Å²) in [5.41, 5.74) is 0. The van der Waals surface area contributed by atoms with E-state index in [1.165, 1.54) is 38.7 Å². The molecule has 0 fully saturated rings. The van der Waals surface area contributed by atoms with Crippen LogP contribution in [0.4, 0.5) is 4.39 Å². The average Bonchev–Trinajstić information content (AvgIpc) is 3.47. The van der Waals surface area contributed by atoms with E-state index >= 15 is 0 Å². The Morgan fingerprint density at radius 3 is 1.91 bits per heavy atom. The lowest BCUT2D eigenvalue weighted by molar-refractivity contribution is 0.0605. The second-order valence-electron chi connectivity index (χ2n) is 6.60. The van der Waals surface area contributed by atoms with Crippen molar-refractivity contribution in [3.8, 4) is 23.0 Å². The van der Waals surface area contributed by atoms with Crippen molar-refractivity contribution in [2.45, 2.75) is 0 Å². The number of halogens is 1. The molecule has 2 aromatic carbocycles. The molecule has 0 radical (unpaired) electrons. The lowest BCUT2D eigenvalue weighted by Gasteiger charge is -2.08. The number of methoxy groups -OCH3 is 5. The number of hydrogen-bond donors (Lipinski definition) is 1. The molecule has 0 aliphatic heterocycles. The van der Waals surface area contributed by atoms with Crippen molar-refractivity contribution >= 4 is 54.8 Å². The molecule has 4 rings (SSSR count). The predicted octanol–water partition coefficient (Wildman–Crippen LogP) is 5.46.